The molecule has 316 valence electrons. The second kappa shape index (κ2) is 21.4. The molecule has 0 bridgehead atoms. The van der Waals surface area contributed by atoms with Crippen LogP contribution >= 0.6 is 0 Å². The van der Waals surface area contributed by atoms with Gasteiger partial charge < -0.3 is 74.0 Å². The Bertz CT molecular complexity index is 1290. The lowest BCUT2D eigenvalue weighted by atomic mass is 9.94. The summed E-state index contributed by atoms with van der Waals surface area (Å²) in [6.45, 7) is 9.44. The van der Waals surface area contributed by atoms with E-state index < -0.39 is 72.2 Å². The van der Waals surface area contributed by atoms with Crippen molar-refractivity contribution in [2.45, 2.75) is 128 Å². The molecule has 0 spiro atoms. The second-order valence-corrected chi connectivity index (χ2v) is 15.1. The van der Waals surface area contributed by atoms with Crippen molar-refractivity contribution < 1.29 is 74.0 Å². The maximum atomic E-state index is 10.7. The van der Waals surface area contributed by atoms with Crippen LogP contribution < -0.4 is 0 Å². The minimum Gasteiger partial charge on any atom is -0.396 e. The van der Waals surface area contributed by atoms with Crippen molar-refractivity contribution in [3.8, 4) is 0 Å². The third-order valence-corrected chi connectivity index (χ3v) is 9.27. The van der Waals surface area contributed by atoms with E-state index in [-0.39, 0.29) is 52.7 Å². The molecule has 12 atom stereocenters. The lowest BCUT2D eigenvalue weighted by Gasteiger charge is -2.45. The number of hydrogen-bond donors (Lipinski definition) is 8. The summed E-state index contributed by atoms with van der Waals surface area (Å²) in [5.41, 5.74) is -0.332. The molecule has 2 aliphatic heterocycles. The molecule has 21 heteroatoms. The zero-order chi connectivity index (χ0) is 40.2. The van der Waals surface area contributed by atoms with Crippen molar-refractivity contribution in [3.63, 3.8) is 0 Å². The molecule has 8 N–H and O–H groups in total. The smallest absolute Gasteiger partial charge is 0.189 e. The van der Waals surface area contributed by atoms with Gasteiger partial charge in [-0.15, -0.1) is 10.2 Å². The van der Waals surface area contributed by atoms with Crippen LogP contribution in [-0.2, 0) is 59.5 Å². The highest BCUT2D eigenvalue weighted by Gasteiger charge is 2.50. The molecule has 21 nitrogen and oxygen atoms in total. The monoisotopic (exact) mass is 792 g/mol. The Morgan fingerprint density at radius 1 is 0.600 bits per heavy atom. The summed E-state index contributed by atoms with van der Waals surface area (Å²) in [6, 6.07) is 0. The minimum absolute atomic E-state index is 0.0690. The zero-order valence-electron chi connectivity index (χ0n) is 31.9. The van der Waals surface area contributed by atoms with Crippen molar-refractivity contribution in [1.29, 1.82) is 0 Å². The normalized spacial score (nSPS) is 31.0. The Morgan fingerprint density at radius 2 is 0.982 bits per heavy atom. The van der Waals surface area contributed by atoms with Crippen LogP contribution in [0.5, 0.6) is 0 Å². The summed E-state index contributed by atoms with van der Waals surface area (Å²) in [7, 11) is 0. The number of aliphatic hydroxyl groups is 8. The third kappa shape index (κ3) is 12.8. The molecule has 4 heterocycles. The molecular weight excluding hydrogens is 732 g/mol. The van der Waals surface area contributed by atoms with Crippen LogP contribution in [-0.4, -0.2) is 185 Å². The van der Waals surface area contributed by atoms with E-state index in [4.69, 9.17) is 33.2 Å². The average molecular weight is 793 g/mol. The maximum Gasteiger partial charge on any atom is 0.189 e. The van der Waals surface area contributed by atoms with Crippen LogP contribution in [0.2, 0.25) is 0 Å². The topological polar surface area (TPSA) is 288 Å². The fourth-order valence-corrected chi connectivity index (χ4v) is 5.84. The molecule has 7 unspecified atom stereocenters. The van der Waals surface area contributed by atoms with Crippen molar-refractivity contribution in [1.82, 2.24) is 30.0 Å². The number of hydrogen-bond acceptors (Lipinski definition) is 19. The first kappa shape index (κ1) is 45.4. The maximum absolute atomic E-state index is 10.7. The highest BCUT2D eigenvalue weighted by molar-refractivity contribution is 4.96. The third-order valence-electron chi connectivity index (χ3n) is 9.27. The summed E-state index contributed by atoms with van der Waals surface area (Å²) >= 11 is 0. The van der Waals surface area contributed by atoms with Gasteiger partial charge in [-0.1, -0.05) is 38.1 Å². The van der Waals surface area contributed by atoms with Crippen molar-refractivity contribution >= 4 is 0 Å². The number of nitrogens with zero attached hydrogens (tertiary/aromatic N) is 6. The van der Waals surface area contributed by atoms with Gasteiger partial charge in [0.2, 0.25) is 0 Å². The van der Waals surface area contributed by atoms with Gasteiger partial charge in [0.05, 0.1) is 78.3 Å². The summed E-state index contributed by atoms with van der Waals surface area (Å²) < 4.78 is 42.7. The fraction of sp³-hybridized carbons (Fsp3) is 0.882. The molecular formula is C34H60N6O15. The van der Waals surface area contributed by atoms with Gasteiger partial charge in [0.1, 0.15) is 60.2 Å². The average Bonchev–Trinajstić information content (AvgIpc) is 3.82. The molecule has 2 fully saturated rings. The van der Waals surface area contributed by atoms with Crippen LogP contribution in [0.15, 0.2) is 12.4 Å². The van der Waals surface area contributed by atoms with E-state index in [9.17, 15) is 40.9 Å². The predicted octanol–water partition coefficient (Wildman–Crippen LogP) is -2.91. The van der Waals surface area contributed by atoms with Crippen molar-refractivity contribution in [3.05, 3.63) is 23.8 Å². The first-order valence-corrected chi connectivity index (χ1v) is 18.6. The molecule has 2 aromatic heterocycles. The first-order chi connectivity index (χ1) is 26.2. The van der Waals surface area contributed by atoms with Crippen LogP contribution in [0.3, 0.4) is 0 Å². The Labute approximate surface area is 319 Å². The molecule has 2 saturated heterocycles. The molecule has 0 saturated carbocycles. The van der Waals surface area contributed by atoms with E-state index in [1.165, 1.54) is 9.36 Å². The molecule has 55 heavy (non-hydrogen) atoms. The van der Waals surface area contributed by atoms with Gasteiger partial charge in [0.15, 0.2) is 12.6 Å². The summed E-state index contributed by atoms with van der Waals surface area (Å²) in [5.74, 6) is 0. The Balaban J connectivity index is 1.31. The van der Waals surface area contributed by atoms with E-state index in [2.05, 4.69) is 20.6 Å². The van der Waals surface area contributed by atoms with E-state index in [1.807, 2.05) is 27.7 Å². The second-order valence-electron chi connectivity index (χ2n) is 15.1. The Kier molecular flexibility index (Phi) is 17.7. The quantitative estimate of drug-likeness (QED) is 0.0494. The molecule has 0 radical (unpaired) electrons. The van der Waals surface area contributed by atoms with Gasteiger partial charge in [-0.3, -0.25) is 0 Å². The predicted molar refractivity (Wildman–Crippen MR) is 186 cm³/mol. The van der Waals surface area contributed by atoms with Crippen molar-refractivity contribution in [2.24, 2.45) is 10.8 Å². The van der Waals surface area contributed by atoms with Crippen LogP contribution in [0, 0.1) is 10.8 Å². The minimum atomic E-state index is -1.80. The fourth-order valence-electron chi connectivity index (χ4n) is 5.84. The van der Waals surface area contributed by atoms with Crippen molar-refractivity contribution in [2.75, 3.05) is 52.9 Å². The summed E-state index contributed by atoms with van der Waals surface area (Å²) in [5, 5.41) is 100. The summed E-state index contributed by atoms with van der Waals surface area (Å²) in [4.78, 5) is 0. The van der Waals surface area contributed by atoms with Gasteiger partial charge in [-0.05, 0) is 12.8 Å². The highest BCUT2D eigenvalue weighted by atomic mass is 16.8. The molecule has 0 amide bonds. The van der Waals surface area contributed by atoms with Crippen LogP contribution in [0.4, 0.5) is 0 Å². The molecule has 4 rings (SSSR count). The number of aliphatic hydroxyl groups excluding tert-OH is 8. The SMILES string of the molecule is CCCOCC(C)(CO)COCc1cn(CC2O[C@H](O[C@H]3OC(Cn4cc(COCC(C)(CO)COCCC)nn4)[C@@H](O)[C@H](O)C3O)C(O)C(O)[C@@H]2O)nn1. The lowest BCUT2D eigenvalue weighted by Crippen LogP contribution is -2.63. The first-order valence-electron chi connectivity index (χ1n) is 18.6. The van der Waals surface area contributed by atoms with Crippen LogP contribution in [0.1, 0.15) is 51.9 Å². The Hall–Kier alpha value is -2.32. The largest absolute Gasteiger partial charge is 0.396 e. The summed E-state index contributed by atoms with van der Waals surface area (Å²) in [6.07, 6.45) is -11.1. The molecule has 2 aromatic rings. The zero-order valence-corrected chi connectivity index (χ0v) is 31.9. The van der Waals surface area contributed by atoms with Gasteiger partial charge in [0.25, 0.3) is 0 Å². The highest BCUT2D eigenvalue weighted by Crippen LogP contribution is 2.29. The van der Waals surface area contributed by atoms with E-state index in [0.717, 1.165) is 12.8 Å². The van der Waals surface area contributed by atoms with Crippen LogP contribution in [0.25, 0.3) is 0 Å². The molecule has 0 aliphatic carbocycles. The van der Waals surface area contributed by atoms with Gasteiger partial charge in [0, 0.05) is 24.0 Å². The van der Waals surface area contributed by atoms with E-state index >= 15 is 0 Å². The Morgan fingerprint density at radius 3 is 1.35 bits per heavy atom. The van der Waals surface area contributed by atoms with E-state index in [0.29, 0.717) is 37.8 Å². The standard InChI is InChI=1S/C34H60N6O15/c1-5-7-49-17-33(3,15-41)19-51-13-21-9-39(37-35-21)11-23-25(43)27(45)29(47)31(53-23)55-32-30(48)28(46)26(44)24(54-32)12-40-10-22(36-38-40)14-52-20-34(4,16-42)18-50-8-6-2/h9-10,23-32,41-48H,5-8,11-20H2,1-4H3/t23?,24?,25-,26-,27+,28?,29?,30?,31-,32-,33?,34?/m1/s1. The number of aromatic nitrogens is 6. The van der Waals surface area contributed by atoms with Gasteiger partial charge in [-0.2, -0.15) is 0 Å². The molecule has 0 aromatic carbocycles. The van der Waals surface area contributed by atoms with Gasteiger partial charge in [-0.25, -0.2) is 9.36 Å². The lowest BCUT2D eigenvalue weighted by molar-refractivity contribution is -0.375. The number of rotatable bonds is 24. The number of ether oxygens (including phenoxy) is 7. The van der Waals surface area contributed by atoms with E-state index in [1.54, 1.807) is 12.4 Å². The van der Waals surface area contributed by atoms with Gasteiger partial charge >= 0.3 is 0 Å². The molecule has 2 aliphatic rings.